The van der Waals surface area contributed by atoms with Crippen molar-refractivity contribution in [3.05, 3.63) is 144 Å². The molecule has 0 fully saturated rings. The van der Waals surface area contributed by atoms with Gasteiger partial charge in [0.1, 0.15) is 0 Å². The molecule has 0 aliphatic heterocycles. The molecule has 4 rings (SSSR count). The van der Waals surface area contributed by atoms with Crippen molar-refractivity contribution in [1.29, 1.82) is 0 Å². The van der Waals surface area contributed by atoms with Crippen LogP contribution < -0.4 is 0 Å². The van der Waals surface area contributed by atoms with Gasteiger partial charge in [0.25, 0.3) is 0 Å². The van der Waals surface area contributed by atoms with E-state index in [0.717, 1.165) is 12.8 Å². The second-order valence-electron chi connectivity index (χ2n) is 6.86. The number of allylic oxidation sites excluding steroid dienone is 14. The summed E-state index contributed by atoms with van der Waals surface area (Å²) in [6, 6.07) is 21.4. The average molecular weight is 481 g/mol. The quantitative estimate of drug-likeness (QED) is 0.382. The molecule has 0 unspecified atom stereocenters. The van der Waals surface area contributed by atoms with Crippen LogP contribution in [0.4, 0.5) is 0 Å². The minimum absolute atomic E-state index is 0.966. The van der Waals surface area contributed by atoms with Crippen molar-refractivity contribution in [3.8, 4) is 0 Å². The van der Waals surface area contributed by atoms with Crippen LogP contribution in [-0.4, -0.2) is 0 Å². The smallest absolute Gasteiger partial charge is 0.00269 e. The van der Waals surface area contributed by atoms with E-state index in [0.29, 0.717) is 0 Å². The molecule has 0 heteroatoms. The zero-order valence-corrected chi connectivity index (χ0v) is 24.0. The Hall–Kier alpha value is -3.38. The standard InChI is InChI=1S/C28H24.4C2H6/c1-2-8-16-23(15-7-1)27(25-19-11-5-12-20-25)28(26-21-13-6-14-22-26)24-17-9-3-4-10-18-24;4*1-2/h1,3,5-22H,2,4H2;4*1-2H3/b28-27+;;;;. The molecule has 0 nitrogen and oxygen atoms in total. The van der Waals surface area contributed by atoms with Gasteiger partial charge in [-0.1, -0.05) is 177 Å². The lowest BCUT2D eigenvalue weighted by Gasteiger charge is -2.19. The molecular weight excluding hydrogens is 432 g/mol. The third kappa shape index (κ3) is 10.5. The van der Waals surface area contributed by atoms with Gasteiger partial charge in [0.15, 0.2) is 0 Å². The molecule has 0 N–H and O–H groups in total. The molecule has 0 radical (unpaired) electrons. The van der Waals surface area contributed by atoms with E-state index in [1.807, 2.05) is 55.4 Å². The first kappa shape index (κ1) is 32.6. The van der Waals surface area contributed by atoms with Gasteiger partial charge in [-0.25, -0.2) is 0 Å². The zero-order chi connectivity index (χ0) is 27.0. The third-order valence-corrected chi connectivity index (χ3v) is 4.92. The Morgan fingerprint density at radius 1 is 0.444 bits per heavy atom. The molecule has 0 heterocycles. The zero-order valence-electron chi connectivity index (χ0n) is 24.0. The van der Waals surface area contributed by atoms with Crippen LogP contribution in [0.5, 0.6) is 0 Å². The van der Waals surface area contributed by atoms with Crippen LogP contribution in [0, 0.1) is 0 Å². The largest absolute Gasteiger partial charge is 0.0807 e. The van der Waals surface area contributed by atoms with Crippen LogP contribution in [0.3, 0.4) is 0 Å². The minimum Gasteiger partial charge on any atom is -0.0807 e. The summed E-state index contributed by atoms with van der Waals surface area (Å²) in [7, 11) is 0. The summed E-state index contributed by atoms with van der Waals surface area (Å²) in [4.78, 5) is 0. The van der Waals surface area contributed by atoms with E-state index in [9.17, 15) is 0 Å². The van der Waals surface area contributed by atoms with Crippen LogP contribution >= 0.6 is 0 Å². The van der Waals surface area contributed by atoms with Crippen molar-refractivity contribution in [2.45, 2.75) is 68.2 Å². The average Bonchev–Trinajstić information content (AvgIpc) is 3.43. The molecule has 2 aromatic carbocycles. The molecular formula is C36H48. The molecule has 0 amide bonds. The maximum atomic E-state index is 2.25. The van der Waals surface area contributed by atoms with E-state index in [-0.39, 0.29) is 0 Å². The van der Waals surface area contributed by atoms with Crippen molar-refractivity contribution >= 4 is 11.1 Å². The Morgan fingerprint density at radius 2 is 0.778 bits per heavy atom. The fraction of sp³-hybridized carbons (Fsp3) is 0.278. The van der Waals surface area contributed by atoms with Gasteiger partial charge in [0.05, 0.1) is 0 Å². The van der Waals surface area contributed by atoms with Gasteiger partial charge < -0.3 is 0 Å². The van der Waals surface area contributed by atoms with Crippen molar-refractivity contribution in [1.82, 2.24) is 0 Å². The van der Waals surface area contributed by atoms with Gasteiger partial charge in [-0.05, 0) is 46.3 Å². The molecule has 36 heavy (non-hydrogen) atoms. The fourth-order valence-corrected chi connectivity index (χ4v) is 3.61. The van der Waals surface area contributed by atoms with Crippen LogP contribution in [0.2, 0.25) is 0 Å². The van der Waals surface area contributed by atoms with Crippen LogP contribution in [-0.2, 0) is 0 Å². The first-order valence-electron chi connectivity index (χ1n) is 13.9. The summed E-state index contributed by atoms with van der Waals surface area (Å²) in [5.41, 5.74) is 7.47. The van der Waals surface area contributed by atoms with Gasteiger partial charge in [-0.3, -0.25) is 0 Å². The molecule has 2 aromatic rings. The van der Waals surface area contributed by atoms with Crippen molar-refractivity contribution in [3.63, 3.8) is 0 Å². The summed E-state index contributed by atoms with van der Waals surface area (Å²) in [6.07, 6.45) is 24.1. The Bertz CT molecular complexity index is 934. The maximum absolute atomic E-state index is 2.25. The highest BCUT2D eigenvalue weighted by Crippen LogP contribution is 2.38. The van der Waals surface area contributed by atoms with Crippen LogP contribution in [0.1, 0.15) is 79.4 Å². The summed E-state index contributed by atoms with van der Waals surface area (Å²) < 4.78 is 0. The Kier molecular flexibility index (Phi) is 20.0. The lowest BCUT2D eigenvalue weighted by atomic mass is 9.84. The molecule has 0 saturated carbocycles. The Labute approximate surface area is 222 Å². The Morgan fingerprint density at radius 3 is 1.11 bits per heavy atom. The second kappa shape index (κ2) is 22.1. The van der Waals surface area contributed by atoms with Crippen molar-refractivity contribution < 1.29 is 0 Å². The topological polar surface area (TPSA) is 0 Å². The van der Waals surface area contributed by atoms with Gasteiger partial charge in [0.2, 0.25) is 0 Å². The fourth-order valence-electron chi connectivity index (χ4n) is 3.61. The van der Waals surface area contributed by atoms with Gasteiger partial charge >= 0.3 is 0 Å². The molecule has 0 aromatic heterocycles. The van der Waals surface area contributed by atoms with E-state index in [2.05, 4.69) is 121 Å². The summed E-state index contributed by atoms with van der Waals surface area (Å²) in [5.74, 6) is 0. The molecule has 0 atom stereocenters. The predicted octanol–water partition coefficient (Wildman–Crippen LogP) is 11.6. The van der Waals surface area contributed by atoms with E-state index < -0.39 is 0 Å². The number of benzene rings is 2. The summed E-state index contributed by atoms with van der Waals surface area (Å²) in [5, 5.41) is 0. The van der Waals surface area contributed by atoms with E-state index in [1.165, 1.54) is 33.4 Å². The molecule has 2 aliphatic carbocycles. The highest BCUT2D eigenvalue weighted by Gasteiger charge is 2.17. The SMILES string of the molecule is C1=CCC=CC(/C(=C(/C2=CC=CCC=C2)c2ccccc2)c2ccccc2)=C1.CC.CC.CC.CC. The van der Waals surface area contributed by atoms with Gasteiger partial charge in [0, 0.05) is 0 Å². The number of rotatable bonds is 4. The molecule has 0 saturated heterocycles. The highest BCUT2D eigenvalue weighted by molar-refractivity contribution is 6.06. The Balaban J connectivity index is 0.00000140. The van der Waals surface area contributed by atoms with E-state index >= 15 is 0 Å². The van der Waals surface area contributed by atoms with Gasteiger partial charge in [-0.2, -0.15) is 0 Å². The molecule has 192 valence electrons. The number of hydrogen-bond donors (Lipinski definition) is 0. The first-order chi connectivity index (χ1) is 17.9. The maximum Gasteiger partial charge on any atom is -0.00269 e. The lowest BCUT2D eigenvalue weighted by Crippen LogP contribution is -1.98. The van der Waals surface area contributed by atoms with Crippen LogP contribution in [0.25, 0.3) is 11.1 Å². The highest BCUT2D eigenvalue weighted by atomic mass is 14.2. The minimum atomic E-state index is 0.966. The normalized spacial score (nSPS) is 13.7. The second-order valence-corrected chi connectivity index (χ2v) is 6.86. The van der Waals surface area contributed by atoms with Crippen molar-refractivity contribution in [2.75, 3.05) is 0 Å². The molecule has 2 aliphatic rings. The third-order valence-electron chi connectivity index (χ3n) is 4.92. The van der Waals surface area contributed by atoms with E-state index in [4.69, 9.17) is 0 Å². The first-order valence-corrected chi connectivity index (χ1v) is 13.9. The van der Waals surface area contributed by atoms with E-state index in [1.54, 1.807) is 0 Å². The van der Waals surface area contributed by atoms with Crippen LogP contribution in [0.15, 0.2) is 133 Å². The number of hydrogen-bond acceptors (Lipinski definition) is 0. The molecule has 0 spiro atoms. The summed E-state index contributed by atoms with van der Waals surface area (Å²) >= 11 is 0. The molecule has 0 bridgehead atoms. The summed E-state index contributed by atoms with van der Waals surface area (Å²) in [6.45, 7) is 16.0. The monoisotopic (exact) mass is 480 g/mol. The lowest BCUT2D eigenvalue weighted by molar-refractivity contribution is 1.40. The van der Waals surface area contributed by atoms with Crippen molar-refractivity contribution in [2.24, 2.45) is 0 Å². The predicted molar refractivity (Wildman–Crippen MR) is 167 cm³/mol. The van der Waals surface area contributed by atoms with Gasteiger partial charge in [-0.15, -0.1) is 0 Å².